The van der Waals surface area contributed by atoms with E-state index in [0.717, 1.165) is 82.5 Å². The van der Waals surface area contributed by atoms with E-state index in [1.54, 1.807) is 13.4 Å². The summed E-state index contributed by atoms with van der Waals surface area (Å²) < 4.78 is 10.5. The zero-order valence-electron chi connectivity index (χ0n) is 16.2. The molecule has 0 aliphatic carbocycles. The predicted molar refractivity (Wildman–Crippen MR) is 110 cm³/mol. The summed E-state index contributed by atoms with van der Waals surface area (Å²) in [6, 6.07) is 4.44. The van der Waals surface area contributed by atoms with Gasteiger partial charge in [0.15, 0.2) is 5.96 Å². The number of aliphatic imine (C=N–C) groups is 1. The third-order valence-electron chi connectivity index (χ3n) is 4.56. The van der Waals surface area contributed by atoms with Crippen molar-refractivity contribution >= 4 is 17.7 Å². The molecule has 148 valence electrons. The van der Waals surface area contributed by atoms with Gasteiger partial charge >= 0.3 is 0 Å². The Morgan fingerprint density at radius 2 is 2.27 bits per heavy atom. The van der Waals surface area contributed by atoms with Crippen LogP contribution in [0.5, 0.6) is 0 Å². The smallest absolute Gasteiger partial charge is 0.191 e. The van der Waals surface area contributed by atoms with Gasteiger partial charge in [-0.15, -0.1) is 0 Å². The fourth-order valence-electron chi connectivity index (χ4n) is 3.09. The Balaban J connectivity index is 1.72. The largest absolute Gasteiger partial charge is 0.469 e. The van der Waals surface area contributed by atoms with Crippen LogP contribution in [0.15, 0.2) is 27.8 Å². The van der Waals surface area contributed by atoms with Crippen LogP contribution >= 0.6 is 11.8 Å². The van der Waals surface area contributed by atoms with Gasteiger partial charge in [-0.1, -0.05) is 0 Å². The summed E-state index contributed by atoms with van der Waals surface area (Å²) in [6.07, 6.45) is 8.15. The maximum atomic E-state index is 5.40. The predicted octanol–water partition coefficient (Wildman–Crippen LogP) is 2.22. The Hall–Kier alpha value is -1.18. The number of rotatable bonds is 11. The molecule has 0 atom stereocenters. The number of guanidine groups is 1. The van der Waals surface area contributed by atoms with Crippen molar-refractivity contribution in [1.82, 2.24) is 15.5 Å². The van der Waals surface area contributed by atoms with E-state index in [2.05, 4.69) is 21.8 Å². The first kappa shape index (κ1) is 21.1. The molecule has 1 aliphatic rings. The van der Waals surface area contributed by atoms with Crippen molar-refractivity contribution < 1.29 is 9.15 Å². The van der Waals surface area contributed by atoms with Gasteiger partial charge in [0.25, 0.3) is 0 Å². The van der Waals surface area contributed by atoms with Crippen molar-refractivity contribution in [1.29, 1.82) is 0 Å². The summed E-state index contributed by atoms with van der Waals surface area (Å²) in [5, 5.41) is 7.09. The molecule has 1 saturated heterocycles. The summed E-state index contributed by atoms with van der Waals surface area (Å²) in [4.78, 5) is 7.25. The number of nitrogens with zero attached hydrogens (tertiary/aromatic N) is 2. The fraction of sp³-hybridized carbons (Fsp3) is 0.737. The van der Waals surface area contributed by atoms with Crippen LogP contribution in [-0.2, 0) is 11.2 Å². The summed E-state index contributed by atoms with van der Waals surface area (Å²) in [7, 11) is 1.77. The number of methoxy groups -OCH3 is 1. The molecule has 0 saturated carbocycles. The third-order valence-corrected chi connectivity index (χ3v) is 5.15. The van der Waals surface area contributed by atoms with Crippen molar-refractivity contribution in [3.8, 4) is 0 Å². The quantitative estimate of drug-likeness (QED) is 0.348. The molecule has 0 amide bonds. The number of nitrogens with one attached hydrogen (secondary N) is 2. The van der Waals surface area contributed by atoms with Crippen molar-refractivity contribution in [2.24, 2.45) is 4.99 Å². The molecule has 0 spiro atoms. The fourth-order valence-corrected chi connectivity index (χ4v) is 3.36. The van der Waals surface area contributed by atoms with Crippen molar-refractivity contribution in [2.75, 3.05) is 58.4 Å². The average molecular weight is 383 g/mol. The van der Waals surface area contributed by atoms with Gasteiger partial charge in [-0.3, -0.25) is 4.99 Å². The van der Waals surface area contributed by atoms with E-state index in [1.807, 2.05) is 23.9 Å². The van der Waals surface area contributed by atoms with Gasteiger partial charge in [-0.2, -0.15) is 11.8 Å². The lowest BCUT2D eigenvalue weighted by atomic mass is 10.1. The molecule has 1 aliphatic heterocycles. The molecule has 6 nitrogen and oxygen atoms in total. The second-order valence-electron chi connectivity index (χ2n) is 6.59. The molecule has 0 unspecified atom stereocenters. The van der Waals surface area contributed by atoms with Crippen LogP contribution in [0.25, 0.3) is 0 Å². The van der Waals surface area contributed by atoms with E-state index < -0.39 is 0 Å². The summed E-state index contributed by atoms with van der Waals surface area (Å²) in [5.41, 5.74) is 0. The summed E-state index contributed by atoms with van der Waals surface area (Å²) in [6.45, 7) is 5.94. The van der Waals surface area contributed by atoms with Gasteiger partial charge in [0.1, 0.15) is 5.76 Å². The van der Waals surface area contributed by atoms with Crippen molar-refractivity contribution in [2.45, 2.75) is 31.7 Å². The van der Waals surface area contributed by atoms with Gasteiger partial charge < -0.3 is 24.7 Å². The third kappa shape index (κ3) is 8.47. The minimum Gasteiger partial charge on any atom is -0.469 e. The van der Waals surface area contributed by atoms with Crippen LogP contribution in [0.3, 0.4) is 0 Å². The van der Waals surface area contributed by atoms with Gasteiger partial charge in [0.05, 0.1) is 12.8 Å². The van der Waals surface area contributed by atoms with E-state index in [4.69, 9.17) is 14.1 Å². The minimum atomic E-state index is 0.498. The molecule has 2 N–H and O–H groups in total. The van der Waals surface area contributed by atoms with Crippen molar-refractivity contribution in [3.63, 3.8) is 0 Å². The first-order valence-electron chi connectivity index (χ1n) is 9.59. The highest BCUT2D eigenvalue weighted by molar-refractivity contribution is 7.98. The molecular formula is C19H34N4O2S. The number of thioether (sulfide) groups is 1. The molecule has 7 heteroatoms. The molecule has 1 aromatic heterocycles. The molecule has 1 aromatic rings. The minimum absolute atomic E-state index is 0.498. The van der Waals surface area contributed by atoms with E-state index in [1.165, 1.54) is 0 Å². The molecule has 2 rings (SSSR count). The molecule has 2 heterocycles. The van der Waals surface area contributed by atoms with Crippen LogP contribution in [0.1, 0.15) is 25.0 Å². The van der Waals surface area contributed by atoms with Gasteiger partial charge in [-0.05, 0) is 37.7 Å². The second kappa shape index (κ2) is 13.1. The topological polar surface area (TPSA) is 62.0 Å². The molecule has 0 aromatic carbocycles. The maximum Gasteiger partial charge on any atom is 0.191 e. The first-order valence-corrected chi connectivity index (χ1v) is 11.0. The van der Waals surface area contributed by atoms with E-state index >= 15 is 0 Å². The van der Waals surface area contributed by atoms with Crippen LogP contribution < -0.4 is 10.6 Å². The second-order valence-corrected chi connectivity index (χ2v) is 7.57. The molecule has 26 heavy (non-hydrogen) atoms. The normalized spacial score (nSPS) is 16.8. The molecule has 1 fully saturated rings. The molecule has 0 radical (unpaired) electrons. The summed E-state index contributed by atoms with van der Waals surface area (Å²) >= 11 is 1.83. The maximum absolute atomic E-state index is 5.40. The Morgan fingerprint density at radius 1 is 1.42 bits per heavy atom. The highest BCUT2D eigenvalue weighted by Gasteiger charge is 2.19. The van der Waals surface area contributed by atoms with Crippen LogP contribution in [0.4, 0.5) is 0 Å². The highest BCUT2D eigenvalue weighted by Crippen LogP contribution is 2.10. The lowest BCUT2D eigenvalue weighted by Crippen LogP contribution is -2.49. The Labute approximate surface area is 162 Å². The Morgan fingerprint density at radius 3 is 2.96 bits per heavy atom. The van der Waals surface area contributed by atoms with Gasteiger partial charge in [0.2, 0.25) is 0 Å². The molecule has 0 bridgehead atoms. The zero-order chi connectivity index (χ0) is 18.5. The van der Waals surface area contributed by atoms with E-state index in [-0.39, 0.29) is 0 Å². The summed E-state index contributed by atoms with van der Waals surface area (Å²) in [5.74, 6) is 2.98. The first-order chi connectivity index (χ1) is 12.8. The van der Waals surface area contributed by atoms with Crippen molar-refractivity contribution in [3.05, 3.63) is 24.2 Å². The number of likely N-dealkylation sites (tertiary alicyclic amines) is 1. The van der Waals surface area contributed by atoms with Gasteiger partial charge in [0, 0.05) is 58.1 Å². The van der Waals surface area contributed by atoms with Gasteiger partial charge in [-0.25, -0.2) is 0 Å². The number of piperidine rings is 1. The van der Waals surface area contributed by atoms with Crippen LogP contribution in [-0.4, -0.2) is 75.4 Å². The number of furan rings is 1. The monoisotopic (exact) mass is 382 g/mol. The Bertz CT molecular complexity index is 488. The lowest BCUT2D eigenvalue weighted by molar-refractivity contribution is 0.155. The van der Waals surface area contributed by atoms with Crippen LogP contribution in [0.2, 0.25) is 0 Å². The lowest BCUT2D eigenvalue weighted by Gasteiger charge is -2.33. The van der Waals surface area contributed by atoms with E-state index in [9.17, 15) is 0 Å². The average Bonchev–Trinajstić information content (AvgIpc) is 3.17. The Kier molecular flexibility index (Phi) is 10.6. The number of hydrogen-bond donors (Lipinski definition) is 2. The van der Waals surface area contributed by atoms with E-state index in [0.29, 0.717) is 6.04 Å². The standard InChI is InChI=1S/C19H34N4O2S/c1-24-14-4-11-23-12-7-17(8-13-23)22-19(21-10-16-26-2)20-9-6-18-5-3-15-25-18/h3,5,15,17H,4,6-14,16H2,1-2H3,(H2,20,21,22). The van der Waals surface area contributed by atoms with Crippen LogP contribution in [0, 0.1) is 0 Å². The number of ether oxygens (including phenoxy) is 1. The number of hydrogen-bond acceptors (Lipinski definition) is 5. The SMILES string of the molecule is COCCCN1CCC(NC(=NCCSC)NCCc2ccco2)CC1. The zero-order valence-corrected chi connectivity index (χ0v) is 17.0. The highest BCUT2D eigenvalue weighted by atomic mass is 32.2. The molecular weight excluding hydrogens is 348 g/mol.